The topological polar surface area (TPSA) is 57.2 Å². The van der Waals surface area contributed by atoms with Crippen LogP contribution < -0.4 is 15.1 Å². The van der Waals surface area contributed by atoms with E-state index in [9.17, 15) is 0 Å². The number of benzene rings is 1. The van der Waals surface area contributed by atoms with Gasteiger partial charge in [-0.05, 0) is 63.1 Å². The lowest BCUT2D eigenvalue weighted by Gasteiger charge is -2.37. The summed E-state index contributed by atoms with van der Waals surface area (Å²) in [5.74, 6) is 1.55. The Morgan fingerprint density at radius 2 is 1.86 bits per heavy atom. The van der Waals surface area contributed by atoms with Crippen molar-refractivity contribution in [2.24, 2.45) is 0 Å². The molecule has 6 heteroatoms. The highest BCUT2D eigenvalue weighted by atomic mass is 15.3. The largest absolute Gasteiger partial charge is 0.368 e. The summed E-state index contributed by atoms with van der Waals surface area (Å²) >= 11 is 0. The van der Waals surface area contributed by atoms with Crippen LogP contribution in [0.2, 0.25) is 0 Å². The van der Waals surface area contributed by atoms with Gasteiger partial charge in [0.15, 0.2) is 5.82 Å². The van der Waals surface area contributed by atoms with Crippen LogP contribution in [0, 0.1) is 13.8 Å². The van der Waals surface area contributed by atoms with Gasteiger partial charge in [0.05, 0.1) is 6.20 Å². The number of rotatable bonds is 6. The maximum Gasteiger partial charge on any atom is 0.244 e. The second kappa shape index (κ2) is 9.25. The summed E-state index contributed by atoms with van der Waals surface area (Å²) in [5.41, 5.74) is 5.65. The third-order valence-electron chi connectivity index (χ3n) is 6.18. The van der Waals surface area contributed by atoms with Gasteiger partial charge in [-0.3, -0.25) is 0 Å². The van der Waals surface area contributed by atoms with Gasteiger partial charge < -0.3 is 15.1 Å². The van der Waals surface area contributed by atoms with Gasteiger partial charge in [0, 0.05) is 38.4 Å². The molecular weight excluding hydrogens is 360 g/mol. The normalized spacial score (nSPS) is 17.2. The Hall–Kier alpha value is -2.63. The Labute approximate surface area is 174 Å². The average molecular weight is 393 g/mol. The van der Waals surface area contributed by atoms with E-state index in [0.29, 0.717) is 5.95 Å². The predicted octanol–water partition coefficient (Wildman–Crippen LogP) is 4.12. The number of hydrogen-bond donors (Lipinski definition) is 1. The van der Waals surface area contributed by atoms with Crippen molar-refractivity contribution in [2.45, 2.75) is 46.0 Å². The second-order valence-corrected chi connectivity index (χ2v) is 8.12. The van der Waals surface area contributed by atoms with Crippen LogP contribution in [-0.4, -0.2) is 47.9 Å². The molecule has 2 heterocycles. The third kappa shape index (κ3) is 4.86. The SMILES string of the molecule is Cc1cccc(N2CCN(c3cnnc(NCCC4=CCCCC4)n3)CC2)c1C. The summed E-state index contributed by atoms with van der Waals surface area (Å²) in [5, 5.41) is 11.7. The van der Waals surface area contributed by atoms with Crippen molar-refractivity contribution < 1.29 is 0 Å². The number of anilines is 3. The molecule has 1 aliphatic heterocycles. The van der Waals surface area contributed by atoms with Crippen LogP contribution in [0.5, 0.6) is 0 Å². The van der Waals surface area contributed by atoms with Gasteiger partial charge in [0.25, 0.3) is 0 Å². The first-order valence-electron chi connectivity index (χ1n) is 10.9. The first-order chi connectivity index (χ1) is 14.2. The Morgan fingerprint density at radius 1 is 1.03 bits per heavy atom. The van der Waals surface area contributed by atoms with Crippen LogP contribution in [-0.2, 0) is 0 Å². The van der Waals surface area contributed by atoms with Crippen LogP contribution in [0.3, 0.4) is 0 Å². The molecule has 29 heavy (non-hydrogen) atoms. The maximum atomic E-state index is 4.71. The van der Waals surface area contributed by atoms with E-state index < -0.39 is 0 Å². The van der Waals surface area contributed by atoms with E-state index >= 15 is 0 Å². The summed E-state index contributed by atoms with van der Waals surface area (Å²) in [4.78, 5) is 9.50. The standard InChI is InChI=1S/C23H32N6/c1-18-7-6-10-21(19(18)2)28-13-15-29(16-14-28)22-17-25-27-23(26-22)24-12-11-20-8-4-3-5-9-20/h6-8,10,17H,3-5,9,11-16H2,1-2H3,(H,24,26,27). The second-order valence-electron chi connectivity index (χ2n) is 8.12. The third-order valence-corrected chi connectivity index (χ3v) is 6.18. The molecule has 1 aromatic heterocycles. The molecule has 1 N–H and O–H groups in total. The zero-order chi connectivity index (χ0) is 20.1. The Bertz CT molecular complexity index is 854. The van der Waals surface area contributed by atoms with Crippen LogP contribution in [0.25, 0.3) is 0 Å². The average Bonchev–Trinajstić information content (AvgIpc) is 2.77. The van der Waals surface area contributed by atoms with Gasteiger partial charge in [-0.15, -0.1) is 5.10 Å². The Morgan fingerprint density at radius 3 is 2.66 bits per heavy atom. The van der Waals surface area contributed by atoms with E-state index in [2.05, 4.69) is 63.4 Å². The van der Waals surface area contributed by atoms with Crippen LogP contribution in [0.1, 0.15) is 43.2 Å². The molecule has 6 nitrogen and oxygen atoms in total. The van der Waals surface area contributed by atoms with E-state index in [1.165, 1.54) is 42.5 Å². The first-order valence-corrected chi connectivity index (χ1v) is 10.9. The molecule has 0 saturated carbocycles. The molecule has 1 aliphatic carbocycles. The van der Waals surface area contributed by atoms with E-state index in [1.54, 1.807) is 11.8 Å². The summed E-state index contributed by atoms with van der Waals surface area (Å²) < 4.78 is 0. The van der Waals surface area contributed by atoms with Crippen molar-refractivity contribution in [3.8, 4) is 0 Å². The zero-order valence-corrected chi connectivity index (χ0v) is 17.7. The molecule has 1 saturated heterocycles. The molecule has 0 unspecified atom stereocenters. The van der Waals surface area contributed by atoms with Crippen molar-refractivity contribution in [3.63, 3.8) is 0 Å². The van der Waals surface area contributed by atoms with Crippen molar-refractivity contribution in [2.75, 3.05) is 47.8 Å². The molecule has 0 spiro atoms. The zero-order valence-electron chi connectivity index (χ0n) is 17.7. The van der Waals surface area contributed by atoms with Crippen molar-refractivity contribution in [1.29, 1.82) is 0 Å². The van der Waals surface area contributed by atoms with Gasteiger partial charge in [-0.25, -0.2) is 0 Å². The minimum absolute atomic E-state index is 0.635. The molecule has 0 atom stereocenters. The number of hydrogen-bond acceptors (Lipinski definition) is 6. The van der Waals surface area contributed by atoms with Crippen molar-refractivity contribution in [3.05, 3.63) is 47.2 Å². The first kappa shape index (κ1) is 19.7. The smallest absolute Gasteiger partial charge is 0.244 e. The summed E-state index contributed by atoms with van der Waals surface area (Å²) in [6.07, 6.45) is 10.4. The fraction of sp³-hybridized carbons (Fsp3) is 0.522. The van der Waals surface area contributed by atoms with Crippen LogP contribution in [0.15, 0.2) is 36.0 Å². The summed E-state index contributed by atoms with van der Waals surface area (Å²) in [7, 11) is 0. The molecule has 0 amide bonds. The minimum atomic E-state index is 0.635. The number of nitrogens with zero attached hydrogens (tertiary/aromatic N) is 5. The van der Waals surface area contributed by atoms with Gasteiger partial charge in [0.1, 0.15) is 0 Å². The maximum absolute atomic E-state index is 4.71. The monoisotopic (exact) mass is 392 g/mol. The number of aromatic nitrogens is 3. The predicted molar refractivity (Wildman–Crippen MR) is 120 cm³/mol. The minimum Gasteiger partial charge on any atom is -0.368 e. The molecule has 2 aliphatic rings. The van der Waals surface area contributed by atoms with E-state index in [4.69, 9.17) is 4.98 Å². The molecule has 0 radical (unpaired) electrons. The van der Waals surface area contributed by atoms with E-state index in [1.807, 2.05) is 0 Å². The van der Waals surface area contributed by atoms with Crippen LogP contribution in [0.4, 0.5) is 17.5 Å². The van der Waals surface area contributed by atoms with E-state index in [0.717, 1.165) is 45.0 Å². The molecule has 154 valence electrons. The molecular formula is C23H32N6. The number of allylic oxidation sites excluding steroid dienone is 1. The quantitative estimate of drug-likeness (QED) is 0.747. The van der Waals surface area contributed by atoms with Crippen molar-refractivity contribution >= 4 is 17.5 Å². The molecule has 4 rings (SSSR count). The lowest BCUT2D eigenvalue weighted by Crippen LogP contribution is -2.47. The van der Waals surface area contributed by atoms with Gasteiger partial charge in [-0.1, -0.05) is 23.8 Å². The number of nitrogens with one attached hydrogen (secondary N) is 1. The lowest BCUT2D eigenvalue weighted by molar-refractivity contribution is 0.643. The molecule has 1 fully saturated rings. The Balaban J connectivity index is 1.32. The summed E-state index contributed by atoms with van der Waals surface area (Å²) in [6, 6.07) is 6.56. The fourth-order valence-corrected chi connectivity index (χ4v) is 4.24. The fourth-order valence-electron chi connectivity index (χ4n) is 4.24. The molecule has 2 aromatic rings. The van der Waals surface area contributed by atoms with Gasteiger partial charge in [0.2, 0.25) is 5.95 Å². The van der Waals surface area contributed by atoms with Crippen molar-refractivity contribution in [1.82, 2.24) is 15.2 Å². The molecule has 0 bridgehead atoms. The molecule has 1 aromatic carbocycles. The van der Waals surface area contributed by atoms with Gasteiger partial charge in [-0.2, -0.15) is 10.1 Å². The highest BCUT2D eigenvalue weighted by Gasteiger charge is 2.20. The number of piperazine rings is 1. The van der Waals surface area contributed by atoms with E-state index in [-0.39, 0.29) is 0 Å². The Kier molecular flexibility index (Phi) is 6.27. The lowest BCUT2D eigenvalue weighted by atomic mass is 9.97. The number of aryl methyl sites for hydroxylation is 1. The highest BCUT2D eigenvalue weighted by Crippen LogP contribution is 2.25. The summed E-state index contributed by atoms with van der Waals surface area (Å²) in [6.45, 7) is 9.14. The van der Waals surface area contributed by atoms with Gasteiger partial charge >= 0.3 is 0 Å². The van der Waals surface area contributed by atoms with Crippen LogP contribution >= 0.6 is 0 Å². The highest BCUT2D eigenvalue weighted by molar-refractivity contribution is 5.57.